The van der Waals surface area contributed by atoms with Crippen LogP contribution < -0.4 is 14.5 Å². The van der Waals surface area contributed by atoms with Crippen molar-refractivity contribution < 1.29 is 9.15 Å². The van der Waals surface area contributed by atoms with Gasteiger partial charge in [0.25, 0.3) is 0 Å². The van der Waals surface area contributed by atoms with Gasteiger partial charge in [0.15, 0.2) is 0 Å². The molecule has 11 rings (SSSR count). The molecule has 4 nitrogen and oxygen atoms in total. The summed E-state index contributed by atoms with van der Waals surface area (Å²) in [6, 6.07) is 69.1. The maximum Gasteiger partial charge on any atom is 0.136 e. The number of nitrogens with zero attached hydrogens (tertiary/aromatic N) is 2. The Hall–Kier alpha value is -7.30. The first kappa shape index (κ1) is 34.0. The minimum Gasteiger partial charge on any atom is -0.485 e. The van der Waals surface area contributed by atoms with Gasteiger partial charge in [-0.2, -0.15) is 0 Å². The summed E-state index contributed by atoms with van der Waals surface area (Å²) in [5.41, 5.74) is 14.2. The predicted molar refractivity (Wildman–Crippen MR) is 239 cm³/mol. The van der Waals surface area contributed by atoms with E-state index >= 15 is 0 Å². The Morgan fingerprint density at radius 3 is 1.66 bits per heavy atom. The van der Waals surface area contributed by atoms with Crippen molar-refractivity contribution in [3.63, 3.8) is 0 Å². The first-order valence-electron chi connectivity index (χ1n) is 20.1. The fourth-order valence-electron chi connectivity index (χ4n) is 8.94. The molecule has 1 aliphatic heterocycles. The number of para-hydroxylation sites is 4. The van der Waals surface area contributed by atoms with Crippen molar-refractivity contribution >= 4 is 56.1 Å². The van der Waals surface area contributed by atoms with Gasteiger partial charge < -0.3 is 19.0 Å². The molecule has 1 aliphatic carbocycles. The van der Waals surface area contributed by atoms with E-state index in [1.807, 2.05) is 6.07 Å². The molecule has 2 heterocycles. The van der Waals surface area contributed by atoms with E-state index in [1.165, 1.54) is 5.56 Å². The second kappa shape index (κ2) is 14.3. The molecule has 278 valence electrons. The van der Waals surface area contributed by atoms with Gasteiger partial charge in [0.05, 0.1) is 0 Å². The molecule has 2 unspecified atom stereocenters. The lowest BCUT2D eigenvalue weighted by molar-refractivity contribution is 0.244. The monoisotopic (exact) mass is 748 g/mol. The molecule has 1 aromatic heterocycles. The summed E-state index contributed by atoms with van der Waals surface area (Å²) in [4.78, 5) is 4.64. The molecule has 0 fully saturated rings. The zero-order valence-electron chi connectivity index (χ0n) is 31.9. The van der Waals surface area contributed by atoms with E-state index in [2.05, 4.69) is 210 Å². The van der Waals surface area contributed by atoms with Gasteiger partial charge in [-0.25, -0.2) is 0 Å². The number of furan rings is 1. The molecular formula is C54H40N2O2. The topological polar surface area (TPSA) is 28.9 Å². The molecule has 58 heavy (non-hydrogen) atoms. The van der Waals surface area contributed by atoms with Crippen LogP contribution in [0.5, 0.6) is 5.75 Å². The summed E-state index contributed by atoms with van der Waals surface area (Å²) in [7, 11) is 0. The molecule has 0 saturated heterocycles. The number of fused-ring (bicyclic) bond motifs is 6. The number of ether oxygens (including phenoxy) is 1. The molecule has 2 aliphatic rings. The summed E-state index contributed by atoms with van der Waals surface area (Å²) < 4.78 is 12.9. The van der Waals surface area contributed by atoms with Crippen LogP contribution in [0.15, 0.2) is 211 Å². The summed E-state index contributed by atoms with van der Waals surface area (Å²) >= 11 is 0. The van der Waals surface area contributed by atoms with Crippen LogP contribution in [0.1, 0.15) is 24.3 Å². The van der Waals surface area contributed by atoms with Crippen molar-refractivity contribution in [1.29, 1.82) is 0 Å². The van der Waals surface area contributed by atoms with E-state index in [4.69, 9.17) is 9.15 Å². The third-order valence-corrected chi connectivity index (χ3v) is 11.7. The van der Waals surface area contributed by atoms with Crippen LogP contribution in [-0.4, -0.2) is 6.10 Å². The van der Waals surface area contributed by atoms with Gasteiger partial charge in [-0.1, -0.05) is 103 Å². The highest BCUT2D eigenvalue weighted by atomic mass is 16.5. The van der Waals surface area contributed by atoms with Crippen molar-refractivity contribution in [3.05, 3.63) is 212 Å². The van der Waals surface area contributed by atoms with Crippen LogP contribution >= 0.6 is 0 Å². The molecular weight excluding hydrogens is 709 g/mol. The Morgan fingerprint density at radius 2 is 1.00 bits per heavy atom. The molecule has 0 radical (unpaired) electrons. The molecule has 4 heteroatoms. The van der Waals surface area contributed by atoms with Crippen molar-refractivity contribution in [2.75, 3.05) is 9.80 Å². The van der Waals surface area contributed by atoms with E-state index < -0.39 is 0 Å². The Bertz CT molecular complexity index is 2880. The Kier molecular flexibility index (Phi) is 8.40. The van der Waals surface area contributed by atoms with Crippen molar-refractivity contribution in [1.82, 2.24) is 0 Å². The van der Waals surface area contributed by atoms with Crippen LogP contribution in [-0.2, 0) is 0 Å². The smallest absolute Gasteiger partial charge is 0.136 e. The van der Waals surface area contributed by atoms with E-state index in [1.54, 1.807) is 0 Å². The molecule has 0 amide bonds. The van der Waals surface area contributed by atoms with Crippen LogP contribution in [0.3, 0.4) is 0 Å². The van der Waals surface area contributed by atoms with Crippen LogP contribution in [0.2, 0.25) is 0 Å². The van der Waals surface area contributed by atoms with Gasteiger partial charge in [0.1, 0.15) is 23.0 Å². The Morgan fingerprint density at radius 1 is 0.448 bits per heavy atom. The fourth-order valence-corrected chi connectivity index (χ4v) is 8.94. The maximum atomic E-state index is 6.58. The highest BCUT2D eigenvalue weighted by Gasteiger charge is 2.34. The van der Waals surface area contributed by atoms with E-state index in [9.17, 15) is 0 Å². The highest BCUT2D eigenvalue weighted by Crippen LogP contribution is 2.47. The van der Waals surface area contributed by atoms with Gasteiger partial charge in [-0.3, -0.25) is 0 Å². The number of anilines is 6. The molecule has 0 bridgehead atoms. The van der Waals surface area contributed by atoms with Crippen molar-refractivity contribution in [2.45, 2.75) is 24.9 Å². The zero-order chi connectivity index (χ0) is 38.4. The standard InChI is InChI=1S/C54H40N2O2/c1-4-14-40(15-5-1)55(41-16-6-2-7-17-41)43-30-26-38(27-31-43)48-34-39(35-53-54(48)47-21-11-13-23-51(47)58-53)37-24-28-44(29-25-37)56(42-18-8-3-9-19-42)45-32-33-52-49(36-45)46-20-10-12-22-50(46)57-52/h1-9,11-19,21-36,46,50H,10,20H2. The van der Waals surface area contributed by atoms with E-state index in [0.717, 1.165) is 96.9 Å². The fraction of sp³-hybridized carbons (Fsp3) is 0.0741. The van der Waals surface area contributed by atoms with E-state index in [-0.39, 0.29) is 6.10 Å². The lowest BCUT2D eigenvalue weighted by Gasteiger charge is -2.26. The summed E-state index contributed by atoms with van der Waals surface area (Å²) in [5, 5.41) is 2.24. The average Bonchev–Trinajstić information content (AvgIpc) is 3.86. The highest BCUT2D eigenvalue weighted by molar-refractivity contribution is 6.13. The van der Waals surface area contributed by atoms with Gasteiger partial charge in [-0.15, -0.1) is 0 Å². The van der Waals surface area contributed by atoms with Gasteiger partial charge in [-0.05, 0) is 138 Å². The lowest BCUT2D eigenvalue weighted by atomic mass is 9.87. The normalized spacial score (nSPS) is 15.5. The minimum absolute atomic E-state index is 0.133. The third-order valence-electron chi connectivity index (χ3n) is 11.7. The zero-order valence-corrected chi connectivity index (χ0v) is 31.9. The maximum absolute atomic E-state index is 6.58. The lowest BCUT2D eigenvalue weighted by Crippen LogP contribution is -2.18. The minimum atomic E-state index is 0.133. The van der Waals surface area contributed by atoms with Crippen molar-refractivity contribution in [3.8, 4) is 28.0 Å². The second-order valence-corrected chi connectivity index (χ2v) is 15.2. The number of hydrogen-bond acceptors (Lipinski definition) is 4. The van der Waals surface area contributed by atoms with Crippen LogP contribution in [0.4, 0.5) is 34.1 Å². The first-order chi connectivity index (χ1) is 28.7. The van der Waals surface area contributed by atoms with Gasteiger partial charge in [0.2, 0.25) is 0 Å². The van der Waals surface area contributed by atoms with Gasteiger partial charge >= 0.3 is 0 Å². The summed E-state index contributed by atoms with van der Waals surface area (Å²) in [6.45, 7) is 0. The van der Waals surface area contributed by atoms with Crippen LogP contribution in [0.25, 0.3) is 44.2 Å². The molecule has 9 aromatic rings. The quantitative estimate of drug-likeness (QED) is 0.145. The second-order valence-electron chi connectivity index (χ2n) is 15.2. The third kappa shape index (κ3) is 6.02. The molecule has 0 spiro atoms. The van der Waals surface area contributed by atoms with E-state index in [0.29, 0.717) is 5.92 Å². The SMILES string of the molecule is C1=CC2Oc3ccc(N(c4ccccc4)c4ccc(-c5cc(-c6ccc(N(c7ccccc7)c7ccccc7)cc6)c6c(c5)oc5ccccc56)cc4)cc3C2CC1. The number of hydrogen-bond donors (Lipinski definition) is 0. The molecule has 2 atom stereocenters. The Labute approximate surface area is 338 Å². The largest absolute Gasteiger partial charge is 0.485 e. The number of rotatable bonds is 8. The number of allylic oxidation sites excluding steroid dienone is 1. The molecule has 8 aromatic carbocycles. The molecule has 0 N–H and O–H groups in total. The first-order valence-corrected chi connectivity index (χ1v) is 20.1. The average molecular weight is 749 g/mol. The van der Waals surface area contributed by atoms with Crippen molar-refractivity contribution in [2.24, 2.45) is 0 Å². The van der Waals surface area contributed by atoms with Gasteiger partial charge in [0, 0.05) is 56.4 Å². The predicted octanol–water partition coefficient (Wildman–Crippen LogP) is 15.1. The molecule has 0 saturated carbocycles. The summed E-state index contributed by atoms with van der Waals surface area (Å²) in [5.74, 6) is 1.40. The Balaban J connectivity index is 0.988. The summed E-state index contributed by atoms with van der Waals surface area (Å²) in [6.07, 6.45) is 6.82. The van der Waals surface area contributed by atoms with Crippen LogP contribution in [0, 0.1) is 0 Å². The number of benzene rings is 8.